The molecule has 3 rings (SSSR count). The molecule has 0 aliphatic carbocycles. The van der Waals surface area contributed by atoms with Crippen LogP contribution in [0.25, 0.3) is 0 Å². The molecule has 130 valence electrons. The van der Waals surface area contributed by atoms with E-state index in [0.717, 1.165) is 16.8 Å². The number of hydrogen-bond acceptors (Lipinski definition) is 4. The summed E-state index contributed by atoms with van der Waals surface area (Å²) in [7, 11) is -3.03. The summed E-state index contributed by atoms with van der Waals surface area (Å²) < 4.78 is 23.0. The van der Waals surface area contributed by atoms with Crippen LogP contribution >= 0.6 is 0 Å². The Kier molecular flexibility index (Phi) is 4.38. The number of amides is 2. The van der Waals surface area contributed by atoms with Gasteiger partial charge in [-0.15, -0.1) is 0 Å². The molecule has 0 radical (unpaired) electrons. The van der Waals surface area contributed by atoms with Crippen molar-refractivity contribution in [1.29, 1.82) is 0 Å². The van der Waals surface area contributed by atoms with Crippen molar-refractivity contribution in [1.82, 2.24) is 5.32 Å². The van der Waals surface area contributed by atoms with Crippen molar-refractivity contribution < 1.29 is 18.0 Å². The van der Waals surface area contributed by atoms with Gasteiger partial charge in [0.05, 0.1) is 17.4 Å². The molecule has 2 aliphatic rings. The van der Waals surface area contributed by atoms with Gasteiger partial charge in [0.25, 0.3) is 0 Å². The van der Waals surface area contributed by atoms with Gasteiger partial charge in [-0.3, -0.25) is 9.59 Å². The number of nitrogens with one attached hydrogen (secondary N) is 1. The molecule has 2 atom stereocenters. The molecule has 0 bridgehead atoms. The Morgan fingerprint density at radius 3 is 2.46 bits per heavy atom. The van der Waals surface area contributed by atoms with Crippen LogP contribution in [-0.2, 0) is 19.4 Å². The Morgan fingerprint density at radius 2 is 1.88 bits per heavy atom. The summed E-state index contributed by atoms with van der Waals surface area (Å²) in [5, 5.41) is 2.79. The molecule has 2 heterocycles. The molecule has 0 saturated carbocycles. The van der Waals surface area contributed by atoms with E-state index in [-0.39, 0.29) is 35.8 Å². The van der Waals surface area contributed by atoms with Gasteiger partial charge in [0.2, 0.25) is 11.8 Å². The van der Waals surface area contributed by atoms with Crippen molar-refractivity contribution in [3.63, 3.8) is 0 Å². The third kappa shape index (κ3) is 3.61. The Hall–Kier alpha value is -1.89. The minimum absolute atomic E-state index is 0.000194. The van der Waals surface area contributed by atoms with E-state index in [1.807, 2.05) is 32.0 Å². The van der Waals surface area contributed by atoms with Crippen molar-refractivity contribution in [3.8, 4) is 0 Å². The lowest BCUT2D eigenvalue weighted by Crippen LogP contribution is -2.40. The summed E-state index contributed by atoms with van der Waals surface area (Å²) in [6.45, 7) is 4.29. The molecule has 2 unspecified atom stereocenters. The van der Waals surface area contributed by atoms with Gasteiger partial charge in [0.15, 0.2) is 9.84 Å². The van der Waals surface area contributed by atoms with E-state index < -0.39 is 15.8 Å². The first kappa shape index (κ1) is 17.0. The number of benzene rings is 1. The van der Waals surface area contributed by atoms with Crippen molar-refractivity contribution >= 4 is 27.3 Å². The molecule has 0 spiro atoms. The lowest BCUT2D eigenvalue weighted by molar-refractivity contribution is -0.126. The van der Waals surface area contributed by atoms with E-state index in [2.05, 4.69) is 5.32 Å². The van der Waals surface area contributed by atoms with Crippen LogP contribution in [0.1, 0.15) is 24.0 Å². The third-order valence-corrected chi connectivity index (χ3v) is 6.36. The lowest BCUT2D eigenvalue weighted by Gasteiger charge is -2.19. The highest BCUT2D eigenvalue weighted by Gasteiger charge is 2.37. The van der Waals surface area contributed by atoms with Crippen LogP contribution in [0.4, 0.5) is 5.69 Å². The molecule has 6 nitrogen and oxygen atoms in total. The highest BCUT2D eigenvalue weighted by molar-refractivity contribution is 7.91. The largest absolute Gasteiger partial charge is 0.352 e. The molecule has 2 amide bonds. The van der Waals surface area contributed by atoms with Gasteiger partial charge in [-0.25, -0.2) is 8.42 Å². The van der Waals surface area contributed by atoms with Crippen molar-refractivity contribution in [2.75, 3.05) is 23.0 Å². The lowest BCUT2D eigenvalue weighted by atomic mass is 10.1. The number of nitrogens with zero attached hydrogens (tertiary/aromatic N) is 1. The zero-order chi connectivity index (χ0) is 17.5. The molecule has 1 N–H and O–H groups in total. The summed E-state index contributed by atoms with van der Waals surface area (Å²) in [5.41, 5.74) is 2.96. The van der Waals surface area contributed by atoms with Gasteiger partial charge in [0, 0.05) is 24.7 Å². The van der Waals surface area contributed by atoms with Crippen LogP contribution in [0, 0.1) is 19.8 Å². The van der Waals surface area contributed by atoms with Gasteiger partial charge < -0.3 is 10.2 Å². The fourth-order valence-electron chi connectivity index (χ4n) is 3.47. The monoisotopic (exact) mass is 350 g/mol. The van der Waals surface area contributed by atoms with Crippen molar-refractivity contribution in [3.05, 3.63) is 29.3 Å². The predicted molar refractivity (Wildman–Crippen MR) is 91.6 cm³/mol. The number of rotatable bonds is 3. The van der Waals surface area contributed by atoms with E-state index in [0.29, 0.717) is 13.0 Å². The minimum atomic E-state index is -3.03. The molecule has 1 aromatic rings. The van der Waals surface area contributed by atoms with Gasteiger partial charge in [-0.05, 0) is 43.5 Å². The maximum atomic E-state index is 12.4. The van der Waals surface area contributed by atoms with Gasteiger partial charge in [0.1, 0.15) is 0 Å². The van der Waals surface area contributed by atoms with Gasteiger partial charge in [-0.1, -0.05) is 6.07 Å². The number of carbonyl (C=O) groups excluding carboxylic acids is 2. The maximum absolute atomic E-state index is 12.4. The summed E-state index contributed by atoms with van der Waals surface area (Å²) in [4.78, 5) is 26.3. The van der Waals surface area contributed by atoms with Crippen LogP contribution in [0.3, 0.4) is 0 Å². The normalized spacial score (nSPS) is 25.9. The molecular weight excluding hydrogens is 328 g/mol. The molecular formula is C17H22N2O4S. The average molecular weight is 350 g/mol. The predicted octanol–water partition coefficient (Wildman–Crippen LogP) is 0.960. The van der Waals surface area contributed by atoms with Crippen LogP contribution < -0.4 is 10.2 Å². The fourth-order valence-corrected chi connectivity index (χ4v) is 5.14. The van der Waals surface area contributed by atoms with Crippen LogP contribution in [0.5, 0.6) is 0 Å². The Balaban J connectivity index is 1.67. The summed E-state index contributed by atoms with van der Waals surface area (Å²) in [6.07, 6.45) is 0.619. The first-order chi connectivity index (χ1) is 11.2. The van der Waals surface area contributed by atoms with E-state index in [1.165, 1.54) is 0 Å². The smallest absolute Gasteiger partial charge is 0.227 e. The Bertz CT molecular complexity index is 768. The molecule has 1 aromatic carbocycles. The molecule has 0 aromatic heterocycles. The second-order valence-corrected chi connectivity index (χ2v) is 9.09. The zero-order valence-corrected chi connectivity index (χ0v) is 14.7. The van der Waals surface area contributed by atoms with Gasteiger partial charge >= 0.3 is 0 Å². The van der Waals surface area contributed by atoms with E-state index >= 15 is 0 Å². The number of sulfone groups is 1. The molecule has 24 heavy (non-hydrogen) atoms. The third-order valence-electron chi connectivity index (χ3n) is 4.59. The maximum Gasteiger partial charge on any atom is 0.227 e. The highest BCUT2D eigenvalue weighted by Crippen LogP contribution is 2.27. The second kappa shape index (κ2) is 6.20. The van der Waals surface area contributed by atoms with E-state index in [4.69, 9.17) is 0 Å². The Labute approximate surface area is 142 Å². The first-order valence-electron chi connectivity index (χ1n) is 8.13. The van der Waals surface area contributed by atoms with Crippen molar-refractivity contribution in [2.24, 2.45) is 5.92 Å². The molecule has 2 aliphatic heterocycles. The molecule has 2 saturated heterocycles. The summed E-state index contributed by atoms with van der Waals surface area (Å²) in [5.74, 6) is -0.602. The van der Waals surface area contributed by atoms with E-state index in [9.17, 15) is 18.0 Å². The van der Waals surface area contributed by atoms with Gasteiger partial charge in [-0.2, -0.15) is 0 Å². The molecule has 2 fully saturated rings. The second-order valence-electron chi connectivity index (χ2n) is 6.86. The molecule has 7 heteroatoms. The minimum Gasteiger partial charge on any atom is -0.352 e. The first-order valence-corrected chi connectivity index (χ1v) is 9.95. The highest BCUT2D eigenvalue weighted by atomic mass is 32.2. The Morgan fingerprint density at radius 1 is 1.21 bits per heavy atom. The average Bonchev–Trinajstić information content (AvgIpc) is 3.00. The van der Waals surface area contributed by atoms with Crippen LogP contribution in [0.15, 0.2) is 18.2 Å². The zero-order valence-electron chi connectivity index (χ0n) is 13.9. The van der Waals surface area contributed by atoms with Crippen LogP contribution in [0.2, 0.25) is 0 Å². The number of anilines is 1. The van der Waals surface area contributed by atoms with Crippen molar-refractivity contribution in [2.45, 2.75) is 32.7 Å². The van der Waals surface area contributed by atoms with E-state index in [1.54, 1.807) is 4.90 Å². The van der Waals surface area contributed by atoms with Crippen LogP contribution in [-0.4, -0.2) is 44.3 Å². The number of hydrogen-bond donors (Lipinski definition) is 1. The summed E-state index contributed by atoms with van der Waals surface area (Å²) >= 11 is 0. The fraction of sp³-hybridized carbons (Fsp3) is 0.529. The SMILES string of the molecule is Cc1cc(C)cc(N2CC(C(=O)NC3CCS(=O)(=O)C3)CC2=O)c1. The summed E-state index contributed by atoms with van der Waals surface area (Å²) in [6, 6.07) is 5.59. The number of aryl methyl sites for hydroxylation is 2. The quantitative estimate of drug-likeness (QED) is 0.880. The topological polar surface area (TPSA) is 83.6 Å². The standard InChI is InChI=1S/C17H22N2O4S/c1-11-5-12(2)7-15(6-11)19-9-13(8-16(19)20)17(21)18-14-3-4-24(22,23)10-14/h5-7,13-14H,3-4,8-10H2,1-2H3,(H,18,21). The number of carbonyl (C=O) groups is 2.